The lowest BCUT2D eigenvalue weighted by atomic mass is 10.2. The smallest absolute Gasteiger partial charge is 0.337 e. The van der Waals surface area contributed by atoms with Crippen molar-refractivity contribution in [3.63, 3.8) is 0 Å². The molecule has 0 unspecified atom stereocenters. The number of esters is 1. The molecule has 0 spiro atoms. The second kappa shape index (κ2) is 6.43. The molecule has 7 heteroatoms. The molecule has 0 radical (unpaired) electrons. The van der Waals surface area contributed by atoms with E-state index in [1.54, 1.807) is 25.1 Å². The number of hydrogen-bond acceptors (Lipinski definition) is 3. The van der Waals surface area contributed by atoms with Crippen molar-refractivity contribution in [2.75, 3.05) is 6.54 Å². The average molecular weight is 331 g/mol. The number of nitrogens with one attached hydrogen (secondary N) is 2. The van der Waals surface area contributed by atoms with E-state index < -0.39 is 5.97 Å². The van der Waals surface area contributed by atoms with Gasteiger partial charge < -0.3 is 15.4 Å². The first-order valence-electron chi connectivity index (χ1n) is 5.83. The van der Waals surface area contributed by atoms with Crippen molar-refractivity contribution in [3.8, 4) is 0 Å². The Labute approximate surface area is 132 Å². The zero-order chi connectivity index (χ0) is 14.7. The number of carbonyl (C=O) groups excluding carboxylic acids is 1. The predicted octanol–water partition coefficient (Wildman–Crippen LogP) is 2.79. The van der Waals surface area contributed by atoms with Crippen LogP contribution in [0.15, 0.2) is 29.5 Å². The summed E-state index contributed by atoms with van der Waals surface area (Å²) in [4.78, 5) is 12.0. The van der Waals surface area contributed by atoms with Gasteiger partial charge in [0.1, 0.15) is 6.61 Å². The van der Waals surface area contributed by atoms with Crippen LogP contribution in [-0.4, -0.2) is 17.6 Å². The number of rotatable bonds is 3. The van der Waals surface area contributed by atoms with Crippen LogP contribution >= 0.6 is 35.4 Å². The Morgan fingerprint density at radius 1 is 1.45 bits per heavy atom. The van der Waals surface area contributed by atoms with Crippen molar-refractivity contribution in [2.24, 2.45) is 0 Å². The minimum Gasteiger partial charge on any atom is -0.457 e. The molecule has 4 nitrogen and oxygen atoms in total. The van der Waals surface area contributed by atoms with Crippen LogP contribution in [0.2, 0.25) is 10.0 Å². The molecule has 1 aromatic rings. The van der Waals surface area contributed by atoms with Crippen LogP contribution in [0, 0.1) is 0 Å². The normalized spacial score (nSPS) is 14.7. The summed E-state index contributed by atoms with van der Waals surface area (Å²) in [5.41, 5.74) is 1.92. The first-order chi connectivity index (χ1) is 9.47. The molecular weight excluding hydrogens is 319 g/mol. The fraction of sp³-hybridized carbons (Fsp3) is 0.231. The molecular formula is C13H12Cl2N2O2S. The van der Waals surface area contributed by atoms with E-state index in [0.29, 0.717) is 38.5 Å². The van der Waals surface area contributed by atoms with Crippen LogP contribution in [0.5, 0.6) is 0 Å². The second-order valence-corrected chi connectivity index (χ2v) is 5.47. The van der Waals surface area contributed by atoms with E-state index in [9.17, 15) is 4.79 Å². The van der Waals surface area contributed by atoms with Gasteiger partial charge in [-0.1, -0.05) is 29.3 Å². The third-order valence-corrected chi connectivity index (χ3v) is 3.63. The van der Waals surface area contributed by atoms with Crippen molar-refractivity contribution in [2.45, 2.75) is 13.5 Å². The first-order valence-corrected chi connectivity index (χ1v) is 6.99. The third-order valence-electron chi connectivity index (χ3n) is 2.80. The molecule has 0 saturated heterocycles. The van der Waals surface area contributed by atoms with Crippen LogP contribution in [-0.2, 0) is 16.1 Å². The second-order valence-electron chi connectivity index (χ2n) is 4.22. The van der Waals surface area contributed by atoms with Gasteiger partial charge in [0, 0.05) is 21.3 Å². The molecule has 1 aromatic carbocycles. The number of hydrogen-bond donors (Lipinski definition) is 2. The van der Waals surface area contributed by atoms with Crippen LogP contribution in [0.1, 0.15) is 12.5 Å². The van der Waals surface area contributed by atoms with E-state index in [0.717, 1.165) is 0 Å². The fourth-order valence-electron chi connectivity index (χ4n) is 1.69. The Morgan fingerprint density at radius 3 is 2.85 bits per heavy atom. The molecule has 0 fully saturated rings. The summed E-state index contributed by atoms with van der Waals surface area (Å²) < 4.78 is 5.25. The van der Waals surface area contributed by atoms with Crippen LogP contribution in [0.25, 0.3) is 0 Å². The minimum absolute atomic E-state index is 0.0933. The highest BCUT2D eigenvalue weighted by Crippen LogP contribution is 2.22. The van der Waals surface area contributed by atoms with Gasteiger partial charge in [-0.25, -0.2) is 4.79 Å². The van der Waals surface area contributed by atoms with Gasteiger partial charge in [0.05, 0.1) is 12.1 Å². The summed E-state index contributed by atoms with van der Waals surface area (Å²) in [5, 5.41) is 7.27. The van der Waals surface area contributed by atoms with Crippen molar-refractivity contribution in [1.82, 2.24) is 10.6 Å². The number of thiocarbonyl (C=S) groups is 1. The Kier molecular flexibility index (Phi) is 4.86. The highest BCUT2D eigenvalue weighted by atomic mass is 35.5. The lowest BCUT2D eigenvalue weighted by Gasteiger charge is -2.20. The summed E-state index contributed by atoms with van der Waals surface area (Å²) in [6, 6.07) is 5.04. The van der Waals surface area contributed by atoms with E-state index in [-0.39, 0.29) is 6.61 Å². The number of halogens is 2. The first kappa shape index (κ1) is 15.1. The summed E-state index contributed by atoms with van der Waals surface area (Å²) in [5.74, 6) is -0.406. The lowest BCUT2D eigenvalue weighted by molar-refractivity contribution is -0.140. The van der Waals surface area contributed by atoms with Crippen molar-refractivity contribution in [3.05, 3.63) is 45.1 Å². The Morgan fingerprint density at radius 2 is 2.20 bits per heavy atom. The molecule has 0 aliphatic carbocycles. The van der Waals surface area contributed by atoms with Gasteiger partial charge in [0.2, 0.25) is 0 Å². The maximum absolute atomic E-state index is 12.0. The minimum atomic E-state index is -0.406. The molecule has 0 aromatic heterocycles. The summed E-state index contributed by atoms with van der Waals surface area (Å²) >= 11 is 16.8. The quantitative estimate of drug-likeness (QED) is 0.659. The molecule has 1 aliphatic heterocycles. The standard InChI is InChI=1S/C13H12Cl2N2O2S/c1-7-10(5-16-13(20)17-7)12(18)19-6-8-2-3-9(14)4-11(8)15/h2-4H,5-6H2,1H3,(H2,16,17,20). The van der Waals surface area contributed by atoms with Crippen molar-refractivity contribution in [1.29, 1.82) is 0 Å². The molecule has 1 aliphatic rings. The van der Waals surface area contributed by atoms with E-state index in [1.165, 1.54) is 0 Å². The maximum Gasteiger partial charge on any atom is 0.337 e. The predicted molar refractivity (Wildman–Crippen MR) is 82.7 cm³/mol. The number of benzene rings is 1. The van der Waals surface area contributed by atoms with E-state index in [2.05, 4.69) is 10.6 Å². The molecule has 0 atom stereocenters. The third kappa shape index (κ3) is 3.62. The van der Waals surface area contributed by atoms with Crippen molar-refractivity contribution < 1.29 is 9.53 Å². The van der Waals surface area contributed by atoms with Crippen LogP contribution < -0.4 is 10.6 Å². The van der Waals surface area contributed by atoms with Gasteiger partial charge in [0.15, 0.2) is 5.11 Å². The highest BCUT2D eigenvalue weighted by molar-refractivity contribution is 7.80. The van der Waals surface area contributed by atoms with Crippen LogP contribution in [0.3, 0.4) is 0 Å². The number of ether oxygens (including phenoxy) is 1. The largest absolute Gasteiger partial charge is 0.457 e. The van der Waals surface area contributed by atoms with Gasteiger partial charge in [-0.2, -0.15) is 0 Å². The van der Waals surface area contributed by atoms with Crippen molar-refractivity contribution >= 4 is 46.5 Å². The van der Waals surface area contributed by atoms with E-state index in [4.69, 9.17) is 40.2 Å². The number of carbonyl (C=O) groups is 1. The zero-order valence-electron chi connectivity index (χ0n) is 10.6. The lowest BCUT2D eigenvalue weighted by Crippen LogP contribution is -2.42. The summed E-state index contributed by atoms with van der Waals surface area (Å²) in [7, 11) is 0. The van der Waals surface area contributed by atoms with E-state index >= 15 is 0 Å². The molecule has 0 bridgehead atoms. The average Bonchev–Trinajstić information content (AvgIpc) is 2.37. The highest BCUT2D eigenvalue weighted by Gasteiger charge is 2.19. The number of allylic oxidation sites excluding steroid dienone is 1. The monoisotopic (exact) mass is 330 g/mol. The van der Waals surface area contributed by atoms with Gasteiger partial charge in [0.25, 0.3) is 0 Å². The Balaban J connectivity index is 2.02. The van der Waals surface area contributed by atoms with Gasteiger partial charge in [-0.3, -0.25) is 0 Å². The van der Waals surface area contributed by atoms with Crippen LogP contribution in [0.4, 0.5) is 0 Å². The molecule has 20 heavy (non-hydrogen) atoms. The Bertz CT molecular complexity index is 602. The zero-order valence-corrected chi connectivity index (χ0v) is 13.0. The molecule has 1 heterocycles. The molecule has 0 amide bonds. The maximum atomic E-state index is 12.0. The molecule has 106 valence electrons. The van der Waals surface area contributed by atoms with Gasteiger partial charge >= 0.3 is 5.97 Å². The SMILES string of the molecule is CC1=C(C(=O)OCc2ccc(Cl)cc2Cl)CNC(=S)N1. The summed E-state index contributed by atoms with van der Waals surface area (Å²) in [6.45, 7) is 2.22. The molecule has 2 rings (SSSR count). The van der Waals surface area contributed by atoms with Gasteiger partial charge in [-0.05, 0) is 31.3 Å². The topological polar surface area (TPSA) is 50.4 Å². The Hall–Kier alpha value is -1.30. The molecule has 2 N–H and O–H groups in total. The molecule has 0 saturated carbocycles. The van der Waals surface area contributed by atoms with Gasteiger partial charge in [-0.15, -0.1) is 0 Å². The summed E-state index contributed by atoms with van der Waals surface area (Å²) in [6.07, 6.45) is 0. The fourth-order valence-corrected chi connectivity index (χ4v) is 2.37. The van der Waals surface area contributed by atoms with E-state index in [1.807, 2.05) is 0 Å².